The zero-order valence-corrected chi connectivity index (χ0v) is 13.7. The monoisotopic (exact) mass is 361 g/mol. The van der Waals surface area contributed by atoms with Gasteiger partial charge in [0.05, 0.1) is 22.9 Å². The highest BCUT2D eigenvalue weighted by Crippen LogP contribution is 2.24. The number of fused-ring (bicyclic) bond motifs is 1. The lowest BCUT2D eigenvalue weighted by atomic mass is 10.1. The van der Waals surface area contributed by atoms with Crippen molar-refractivity contribution in [1.29, 1.82) is 0 Å². The first-order valence-corrected chi connectivity index (χ1v) is 7.87. The van der Waals surface area contributed by atoms with Crippen LogP contribution in [0.25, 0.3) is 0 Å². The van der Waals surface area contributed by atoms with E-state index in [1.54, 1.807) is 24.3 Å². The number of rotatable bonds is 4. The number of aromatic nitrogens is 2. The Bertz CT molecular complexity index is 1020. The van der Waals surface area contributed by atoms with Gasteiger partial charge < -0.3 is 9.57 Å². The summed E-state index contributed by atoms with van der Waals surface area (Å²) in [6, 6.07) is 12.3. The van der Waals surface area contributed by atoms with Crippen LogP contribution in [0, 0.1) is 0 Å². The van der Waals surface area contributed by atoms with E-state index in [0.29, 0.717) is 10.8 Å². The molecule has 4 rings (SSSR count). The second-order valence-corrected chi connectivity index (χ2v) is 5.50. The van der Waals surface area contributed by atoms with Gasteiger partial charge in [0.25, 0.3) is 11.8 Å². The van der Waals surface area contributed by atoms with Gasteiger partial charge in [-0.05, 0) is 30.3 Å². The van der Waals surface area contributed by atoms with Crippen LogP contribution < -0.4 is 4.74 Å². The van der Waals surface area contributed by atoms with Gasteiger partial charge in [-0.25, -0.2) is 9.78 Å². The topological polar surface area (TPSA) is 98.7 Å². The molecule has 8 heteroatoms. The molecule has 0 fully saturated rings. The Morgan fingerprint density at radius 2 is 1.67 bits per heavy atom. The first-order valence-electron chi connectivity index (χ1n) is 7.87. The molecule has 0 atom stereocenters. The first kappa shape index (κ1) is 16.4. The standard InChI is InChI=1S/C19H11N3O5/c23-17-14-6-1-2-7-15(14)18(24)22(17)27-19(25)12-4-3-5-13(10-12)26-16-11-20-8-9-21-16/h1-11H. The molecule has 2 aromatic carbocycles. The highest BCUT2D eigenvalue weighted by Gasteiger charge is 2.38. The second-order valence-electron chi connectivity index (χ2n) is 5.50. The molecule has 2 amide bonds. The number of amides is 2. The molecule has 0 unspecified atom stereocenters. The molecule has 0 saturated carbocycles. The van der Waals surface area contributed by atoms with E-state index in [9.17, 15) is 14.4 Å². The highest BCUT2D eigenvalue weighted by atomic mass is 16.7. The van der Waals surface area contributed by atoms with E-state index in [-0.39, 0.29) is 22.6 Å². The fraction of sp³-hybridized carbons (Fsp3) is 0. The van der Waals surface area contributed by atoms with Crippen molar-refractivity contribution in [2.24, 2.45) is 0 Å². The second kappa shape index (κ2) is 6.68. The molecule has 0 radical (unpaired) electrons. The minimum Gasteiger partial charge on any atom is -0.437 e. The highest BCUT2D eigenvalue weighted by molar-refractivity contribution is 6.21. The van der Waals surface area contributed by atoms with Crippen molar-refractivity contribution < 1.29 is 24.0 Å². The van der Waals surface area contributed by atoms with E-state index < -0.39 is 17.8 Å². The molecule has 0 aliphatic carbocycles. The van der Waals surface area contributed by atoms with Crippen LogP contribution in [0.2, 0.25) is 0 Å². The molecular weight excluding hydrogens is 350 g/mol. The Morgan fingerprint density at radius 3 is 2.33 bits per heavy atom. The van der Waals surface area contributed by atoms with Gasteiger partial charge >= 0.3 is 5.97 Å². The van der Waals surface area contributed by atoms with E-state index in [1.165, 1.54) is 42.9 Å². The van der Waals surface area contributed by atoms with Crippen molar-refractivity contribution >= 4 is 17.8 Å². The maximum atomic E-state index is 12.4. The third-order valence-electron chi connectivity index (χ3n) is 3.76. The SMILES string of the molecule is O=C(ON1C(=O)c2ccccc2C1=O)c1cccc(Oc2cnccn2)c1. The van der Waals surface area contributed by atoms with Crippen LogP contribution in [0.1, 0.15) is 31.1 Å². The molecule has 2 heterocycles. The summed E-state index contributed by atoms with van der Waals surface area (Å²) in [5.74, 6) is -1.66. The quantitative estimate of drug-likeness (QED) is 0.659. The van der Waals surface area contributed by atoms with E-state index in [0.717, 1.165) is 0 Å². The van der Waals surface area contributed by atoms with Gasteiger partial charge in [0.2, 0.25) is 5.88 Å². The van der Waals surface area contributed by atoms with Crippen molar-refractivity contribution in [3.8, 4) is 11.6 Å². The lowest BCUT2D eigenvalue weighted by Crippen LogP contribution is -2.32. The van der Waals surface area contributed by atoms with E-state index in [2.05, 4.69) is 9.97 Å². The summed E-state index contributed by atoms with van der Waals surface area (Å²) in [7, 11) is 0. The summed E-state index contributed by atoms with van der Waals surface area (Å²) in [5, 5.41) is 0.462. The number of hydrogen-bond acceptors (Lipinski definition) is 7. The number of carbonyl (C=O) groups is 3. The number of hydrogen-bond donors (Lipinski definition) is 0. The lowest BCUT2D eigenvalue weighted by Gasteiger charge is -2.13. The van der Waals surface area contributed by atoms with E-state index in [4.69, 9.17) is 9.57 Å². The smallest absolute Gasteiger partial charge is 0.364 e. The van der Waals surface area contributed by atoms with Crippen LogP contribution in [0.4, 0.5) is 0 Å². The summed E-state index contributed by atoms with van der Waals surface area (Å²) in [4.78, 5) is 49.8. The van der Waals surface area contributed by atoms with Gasteiger partial charge in [-0.2, -0.15) is 0 Å². The number of ether oxygens (including phenoxy) is 1. The Labute approximate surface area is 152 Å². The molecule has 8 nitrogen and oxygen atoms in total. The lowest BCUT2D eigenvalue weighted by molar-refractivity contribution is -0.0584. The number of carbonyl (C=O) groups excluding carboxylic acids is 3. The summed E-state index contributed by atoms with van der Waals surface area (Å²) in [6.45, 7) is 0. The van der Waals surface area contributed by atoms with Gasteiger partial charge in [0.15, 0.2) is 0 Å². The van der Waals surface area contributed by atoms with Crippen LogP contribution in [0.15, 0.2) is 67.1 Å². The molecule has 0 spiro atoms. The van der Waals surface area contributed by atoms with Crippen molar-refractivity contribution in [3.63, 3.8) is 0 Å². The van der Waals surface area contributed by atoms with Crippen LogP contribution in [-0.4, -0.2) is 32.8 Å². The average Bonchev–Trinajstić information content (AvgIpc) is 2.94. The maximum absolute atomic E-state index is 12.4. The molecular formula is C19H11N3O5. The van der Waals surface area contributed by atoms with E-state index >= 15 is 0 Å². The van der Waals surface area contributed by atoms with E-state index in [1.807, 2.05) is 0 Å². The van der Waals surface area contributed by atoms with Crippen molar-refractivity contribution in [3.05, 3.63) is 83.8 Å². The van der Waals surface area contributed by atoms with Crippen molar-refractivity contribution in [2.45, 2.75) is 0 Å². The van der Waals surface area contributed by atoms with Gasteiger partial charge in [-0.15, -0.1) is 0 Å². The van der Waals surface area contributed by atoms with Gasteiger partial charge in [-0.3, -0.25) is 14.6 Å². The number of imide groups is 1. The number of benzene rings is 2. The maximum Gasteiger partial charge on any atom is 0.364 e. The summed E-state index contributed by atoms with van der Waals surface area (Å²) in [6.07, 6.45) is 4.39. The molecule has 0 N–H and O–H groups in total. The molecule has 1 aromatic heterocycles. The Hall–Kier alpha value is -4.07. The van der Waals surface area contributed by atoms with Crippen LogP contribution in [-0.2, 0) is 4.84 Å². The molecule has 1 aliphatic rings. The fourth-order valence-electron chi connectivity index (χ4n) is 2.53. The number of nitrogens with zero attached hydrogens (tertiary/aromatic N) is 3. The Morgan fingerprint density at radius 1 is 0.926 bits per heavy atom. The van der Waals surface area contributed by atoms with Gasteiger partial charge in [-0.1, -0.05) is 23.3 Å². The third kappa shape index (κ3) is 3.11. The average molecular weight is 361 g/mol. The van der Waals surface area contributed by atoms with Gasteiger partial charge in [0.1, 0.15) is 5.75 Å². The number of hydroxylamine groups is 2. The zero-order chi connectivity index (χ0) is 18.8. The Kier molecular flexibility index (Phi) is 4.06. The minimum atomic E-state index is -0.867. The summed E-state index contributed by atoms with van der Waals surface area (Å²) >= 11 is 0. The first-order chi connectivity index (χ1) is 13.1. The zero-order valence-electron chi connectivity index (χ0n) is 13.7. The third-order valence-corrected chi connectivity index (χ3v) is 3.76. The van der Waals surface area contributed by atoms with Crippen molar-refractivity contribution in [2.75, 3.05) is 0 Å². The minimum absolute atomic E-state index is 0.105. The largest absolute Gasteiger partial charge is 0.437 e. The molecule has 1 aliphatic heterocycles. The molecule has 132 valence electrons. The Balaban J connectivity index is 1.52. The molecule has 0 saturated heterocycles. The van der Waals surface area contributed by atoms with Crippen molar-refractivity contribution in [1.82, 2.24) is 15.0 Å². The van der Waals surface area contributed by atoms with Crippen LogP contribution in [0.5, 0.6) is 11.6 Å². The summed E-state index contributed by atoms with van der Waals surface area (Å²) in [5.41, 5.74) is 0.484. The predicted molar refractivity (Wildman–Crippen MR) is 90.9 cm³/mol. The molecule has 27 heavy (non-hydrogen) atoms. The molecule has 3 aromatic rings. The van der Waals surface area contributed by atoms with Crippen LogP contribution in [0.3, 0.4) is 0 Å². The fourth-order valence-corrected chi connectivity index (χ4v) is 2.53. The van der Waals surface area contributed by atoms with Crippen LogP contribution >= 0.6 is 0 Å². The van der Waals surface area contributed by atoms with Gasteiger partial charge in [0, 0.05) is 12.4 Å². The normalized spacial score (nSPS) is 12.7. The predicted octanol–water partition coefficient (Wildman–Crippen LogP) is 2.64. The molecule has 0 bridgehead atoms. The summed E-state index contributed by atoms with van der Waals surface area (Å²) < 4.78 is 5.50.